The molecular weight excluding hydrogens is 461 g/mol. The van der Waals surface area contributed by atoms with Crippen LogP contribution in [-0.2, 0) is 19.5 Å². The van der Waals surface area contributed by atoms with Gasteiger partial charge in [0.25, 0.3) is 0 Å². The van der Waals surface area contributed by atoms with Crippen LogP contribution in [0.4, 0.5) is 0 Å². The summed E-state index contributed by atoms with van der Waals surface area (Å²) in [5.74, 6) is 0. The van der Waals surface area contributed by atoms with Crippen molar-refractivity contribution in [3.8, 4) is 22.8 Å². The van der Waals surface area contributed by atoms with Gasteiger partial charge in [0.1, 0.15) is 6.67 Å². The van der Waals surface area contributed by atoms with Crippen LogP contribution < -0.4 is 0 Å². The number of nitrogens with zero attached hydrogens (tertiary/aromatic N) is 6. The maximum absolute atomic E-state index is 4.19. The first-order valence-electron chi connectivity index (χ1n) is 9.06. The molecule has 0 spiro atoms. The average molecular weight is 482 g/mol. The Morgan fingerprint density at radius 3 is 0.900 bits per heavy atom. The number of aromatic nitrogens is 4. The molecular formula is C23H20N6Ru+2. The van der Waals surface area contributed by atoms with E-state index in [1.165, 1.54) is 0 Å². The zero-order valence-electron chi connectivity index (χ0n) is 16.1. The third kappa shape index (κ3) is 7.89. The summed E-state index contributed by atoms with van der Waals surface area (Å²) < 4.78 is 0. The molecule has 0 N–H and O–H groups in total. The van der Waals surface area contributed by atoms with Gasteiger partial charge < -0.3 is 0 Å². The van der Waals surface area contributed by atoms with Crippen molar-refractivity contribution in [2.75, 3.05) is 6.67 Å². The molecule has 30 heavy (non-hydrogen) atoms. The molecule has 4 aromatic rings. The molecule has 0 bridgehead atoms. The summed E-state index contributed by atoms with van der Waals surface area (Å²) in [4.78, 5) is 24.2. The Labute approximate surface area is 188 Å². The van der Waals surface area contributed by atoms with Crippen molar-refractivity contribution in [1.82, 2.24) is 19.9 Å². The maximum atomic E-state index is 4.19. The fourth-order valence-electron chi connectivity index (χ4n) is 2.29. The van der Waals surface area contributed by atoms with Gasteiger partial charge in [-0.3, -0.25) is 29.9 Å². The summed E-state index contributed by atoms with van der Waals surface area (Å²) in [7, 11) is 0. The molecule has 0 fully saturated rings. The van der Waals surface area contributed by atoms with Crippen LogP contribution in [0.25, 0.3) is 22.8 Å². The summed E-state index contributed by atoms with van der Waals surface area (Å²) in [5, 5.41) is 0. The van der Waals surface area contributed by atoms with E-state index in [4.69, 9.17) is 0 Å². The van der Waals surface area contributed by atoms with Gasteiger partial charge in [0.2, 0.25) is 0 Å². The van der Waals surface area contributed by atoms with E-state index < -0.39 is 0 Å². The first kappa shape index (κ1) is 22.8. The van der Waals surface area contributed by atoms with Gasteiger partial charge in [-0.15, -0.1) is 0 Å². The first-order chi connectivity index (χ1) is 14.4. The number of aliphatic imine (C=N–C) groups is 2. The molecule has 6 nitrogen and oxygen atoms in total. The summed E-state index contributed by atoms with van der Waals surface area (Å²) in [6.07, 6.45) is 10.5. The van der Waals surface area contributed by atoms with Crippen molar-refractivity contribution in [3.63, 3.8) is 0 Å². The summed E-state index contributed by atoms with van der Waals surface area (Å²) in [6.45, 7) is 0.639. The molecule has 148 valence electrons. The Morgan fingerprint density at radius 2 is 0.733 bits per heavy atom. The number of hydrogen-bond acceptors (Lipinski definition) is 6. The van der Waals surface area contributed by atoms with E-state index in [9.17, 15) is 0 Å². The normalized spacial score (nSPS) is 10.7. The van der Waals surface area contributed by atoms with Crippen LogP contribution in [0.3, 0.4) is 0 Å². The number of hydrogen-bond donors (Lipinski definition) is 0. The Balaban J connectivity index is 0.000000170. The van der Waals surface area contributed by atoms with Gasteiger partial charge in [-0.1, -0.05) is 24.3 Å². The van der Waals surface area contributed by atoms with Crippen LogP contribution in [0.5, 0.6) is 0 Å². The minimum absolute atomic E-state index is 0. The van der Waals surface area contributed by atoms with Crippen LogP contribution in [0, 0.1) is 0 Å². The van der Waals surface area contributed by atoms with E-state index in [1.54, 1.807) is 37.2 Å². The fourth-order valence-corrected chi connectivity index (χ4v) is 2.29. The molecule has 0 saturated heterocycles. The maximum Gasteiger partial charge on any atom is 2.00 e. The van der Waals surface area contributed by atoms with Crippen molar-refractivity contribution in [1.29, 1.82) is 0 Å². The predicted octanol–water partition coefficient (Wildman–Crippen LogP) is 4.38. The van der Waals surface area contributed by atoms with Gasteiger partial charge in [-0.05, 0) is 48.5 Å². The van der Waals surface area contributed by atoms with Crippen LogP contribution in [-0.4, -0.2) is 39.0 Å². The zero-order valence-corrected chi connectivity index (χ0v) is 17.9. The molecule has 1 aliphatic heterocycles. The third-order valence-electron chi connectivity index (χ3n) is 3.63. The summed E-state index contributed by atoms with van der Waals surface area (Å²) >= 11 is 0. The molecule has 0 aliphatic carbocycles. The smallest absolute Gasteiger partial charge is 0.268 e. The molecule has 0 aromatic carbocycles. The summed E-state index contributed by atoms with van der Waals surface area (Å²) in [5.41, 5.74) is 3.66. The van der Waals surface area contributed by atoms with Crippen LogP contribution >= 0.6 is 0 Å². The second-order valence-corrected chi connectivity index (χ2v) is 5.66. The van der Waals surface area contributed by atoms with Gasteiger partial charge >= 0.3 is 19.5 Å². The van der Waals surface area contributed by atoms with E-state index in [0.717, 1.165) is 22.8 Å². The van der Waals surface area contributed by atoms with Crippen LogP contribution in [0.1, 0.15) is 0 Å². The quantitative estimate of drug-likeness (QED) is 0.398. The van der Waals surface area contributed by atoms with Crippen LogP contribution in [0.15, 0.2) is 108 Å². The number of rotatable bonds is 2. The zero-order chi connectivity index (χ0) is 20.0. The molecule has 0 unspecified atom stereocenters. The van der Waals surface area contributed by atoms with Gasteiger partial charge in [-0.25, -0.2) is 0 Å². The van der Waals surface area contributed by atoms with E-state index in [0.29, 0.717) is 6.67 Å². The largest absolute Gasteiger partial charge is 2.00 e. The molecule has 7 heteroatoms. The molecule has 0 atom stereocenters. The Bertz CT molecular complexity index is 851. The second kappa shape index (κ2) is 13.7. The molecule has 4 aromatic heterocycles. The van der Waals surface area contributed by atoms with Crippen molar-refractivity contribution >= 4 is 12.4 Å². The Kier molecular flexibility index (Phi) is 10.4. The molecule has 0 saturated carbocycles. The minimum Gasteiger partial charge on any atom is -0.268 e. The molecule has 5 heterocycles. The predicted molar refractivity (Wildman–Crippen MR) is 117 cm³/mol. The molecule has 5 rings (SSSR count). The first-order valence-corrected chi connectivity index (χ1v) is 9.06. The Hall–Kier alpha value is -3.44. The van der Waals surface area contributed by atoms with E-state index in [2.05, 4.69) is 29.9 Å². The van der Waals surface area contributed by atoms with Crippen molar-refractivity contribution in [2.24, 2.45) is 9.98 Å². The van der Waals surface area contributed by atoms with Crippen molar-refractivity contribution in [3.05, 3.63) is 97.6 Å². The second-order valence-electron chi connectivity index (χ2n) is 5.66. The average Bonchev–Trinajstić information content (AvgIpc) is 3.42. The van der Waals surface area contributed by atoms with E-state index in [-0.39, 0.29) is 19.5 Å². The van der Waals surface area contributed by atoms with Crippen molar-refractivity contribution in [2.45, 2.75) is 0 Å². The molecule has 0 radical (unpaired) electrons. The summed E-state index contributed by atoms with van der Waals surface area (Å²) in [6, 6.07) is 23.2. The minimum atomic E-state index is 0. The SMILES string of the molecule is C1=NCN=C1.[Ru+2].c1ccc(-c2ccccn2)nc1.c1ccc(-c2ccccn2)nc1. The number of pyridine rings is 4. The van der Waals surface area contributed by atoms with E-state index >= 15 is 0 Å². The molecule has 0 amide bonds. The topological polar surface area (TPSA) is 76.3 Å². The standard InChI is InChI=1S/2C10H8N2.C3H4N2.Ru/c2*1-3-7-11-9(5-1)10-6-2-4-8-12-10;1-2-5-3-4-1;/h2*1-8H;1-2H,3H2;/q;;;+2. The van der Waals surface area contributed by atoms with E-state index in [1.807, 2.05) is 72.8 Å². The Morgan fingerprint density at radius 1 is 0.433 bits per heavy atom. The molecule has 1 aliphatic rings. The van der Waals surface area contributed by atoms with Gasteiger partial charge in [0, 0.05) is 37.2 Å². The monoisotopic (exact) mass is 482 g/mol. The fraction of sp³-hybridized carbons (Fsp3) is 0.0435. The van der Waals surface area contributed by atoms with Gasteiger partial charge in [0.05, 0.1) is 22.8 Å². The third-order valence-corrected chi connectivity index (χ3v) is 3.63. The van der Waals surface area contributed by atoms with Gasteiger partial charge in [0.15, 0.2) is 0 Å². The van der Waals surface area contributed by atoms with Crippen molar-refractivity contribution < 1.29 is 19.5 Å². The van der Waals surface area contributed by atoms with Crippen LogP contribution in [0.2, 0.25) is 0 Å². The van der Waals surface area contributed by atoms with Gasteiger partial charge in [-0.2, -0.15) is 0 Å².